The molecule has 5 atom stereocenters. The Morgan fingerprint density at radius 1 is 1.36 bits per heavy atom. The Bertz CT molecular complexity index is 765. The summed E-state index contributed by atoms with van der Waals surface area (Å²) in [7, 11) is 3.10. The Balaban J connectivity index is 2.12. The molecule has 0 unspecified atom stereocenters. The van der Waals surface area contributed by atoms with Gasteiger partial charge in [-0.3, -0.25) is 4.79 Å². The average Bonchev–Trinajstić information content (AvgIpc) is 3.08. The van der Waals surface area contributed by atoms with Gasteiger partial charge in [-0.25, -0.2) is 4.79 Å². The molecule has 3 heterocycles. The van der Waals surface area contributed by atoms with Gasteiger partial charge in [0.15, 0.2) is 0 Å². The molecule has 7 heteroatoms. The van der Waals surface area contributed by atoms with Crippen LogP contribution in [0.3, 0.4) is 0 Å². The quantitative estimate of drug-likeness (QED) is 0.413. The smallest absolute Gasteiger partial charge is 0.334 e. The summed E-state index contributed by atoms with van der Waals surface area (Å²) in [5, 5.41) is 0. The molecule has 3 aliphatic heterocycles. The van der Waals surface area contributed by atoms with Crippen LogP contribution in [0.5, 0.6) is 0 Å². The first-order valence-electron chi connectivity index (χ1n) is 9.38. The molecule has 2 bridgehead atoms. The van der Waals surface area contributed by atoms with E-state index in [1.165, 1.54) is 7.11 Å². The van der Waals surface area contributed by atoms with Crippen LogP contribution in [0.25, 0.3) is 0 Å². The van der Waals surface area contributed by atoms with Crippen LogP contribution in [0.4, 0.5) is 0 Å². The summed E-state index contributed by atoms with van der Waals surface area (Å²) >= 11 is 0. The summed E-state index contributed by atoms with van der Waals surface area (Å²) in [6, 6.07) is 0. The second kappa shape index (κ2) is 7.04. The Morgan fingerprint density at radius 3 is 2.61 bits per heavy atom. The minimum absolute atomic E-state index is 0.258. The third-order valence-corrected chi connectivity index (χ3v) is 5.70. The van der Waals surface area contributed by atoms with Crippen LogP contribution in [-0.4, -0.2) is 49.8 Å². The summed E-state index contributed by atoms with van der Waals surface area (Å²) in [4.78, 5) is 24.7. The third-order valence-electron chi connectivity index (χ3n) is 5.70. The van der Waals surface area contributed by atoms with Crippen molar-refractivity contribution >= 4 is 11.9 Å². The minimum Gasteiger partial charge on any atom is -0.498 e. The Morgan fingerprint density at radius 2 is 2.04 bits per heavy atom. The van der Waals surface area contributed by atoms with Crippen molar-refractivity contribution in [3.8, 4) is 0 Å². The van der Waals surface area contributed by atoms with E-state index in [1.807, 2.05) is 13.8 Å². The first kappa shape index (κ1) is 20.6. The monoisotopic (exact) mass is 392 g/mol. The second-order valence-electron chi connectivity index (χ2n) is 8.02. The number of hydrogen-bond donors (Lipinski definition) is 0. The van der Waals surface area contributed by atoms with Crippen LogP contribution in [0.15, 0.2) is 35.6 Å². The fourth-order valence-corrected chi connectivity index (χ4v) is 4.07. The van der Waals surface area contributed by atoms with E-state index in [0.717, 1.165) is 0 Å². The van der Waals surface area contributed by atoms with Gasteiger partial charge in [-0.1, -0.05) is 20.4 Å². The molecule has 7 nitrogen and oxygen atoms in total. The molecule has 0 aromatic rings. The zero-order valence-electron chi connectivity index (χ0n) is 17.2. The van der Waals surface area contributed by atoms with Crippen LogP contribution < -0.4 is 0 Å². The Kier molecular flexibility index (Phi) is 5.18. The predicted octanol–water partition coefficient (Wildman–Crippen LogP) is 2.66. The molecule has 0 aliphatic carbocycles. The number of carbonyl (C=O) groups is 2. The topological polar surface area (TPSA) is 80.3 Å². The first-order chi connectivity index (χ1) is 13.1. The fourth-order valence-electron chi connectivity index (χ4n) is 4.07. The van der Waals surface area contributed by atoms with Gasteiger partial charge in [-0.2, -0.15) is 0 Å². The fraction of sp³-hybridized carbons (Fsp3) is 0.619. The molecule has 0 spiro atoms. The van der Waals surface area contributed by atoms with E-state index in [-0.39, 0.29) is 23.9 Å². The van der Waals surface area contributed by atoms with Crippen LogP contribution in [0.1, 0.15) is 34.1 Å². The molecule has 1 saturated heterocycles. The van der Waals surface area contributed by atoms with Crippen molar-refractivity contribution in [2.75, 3.05) is 14.2 Å². The highest BCUT2D eigenvalue weighted by Crippen LogP contribution is 2.48. The van der Waals surface area contributed by atoms with Crippen molar-refractivity contribution in [2.24, 2.45) is 11.8 Å². The van der Waals surface area contributed by atoms with E-state index in [9.17, 15) is 9.59 Å². The van der Waals surface area contributed by atoms with E-state index in [0.29, 0.717) is 11.3 Å². The molecule has 3 aliphatic rings. The Labute approximate surface area is 165 Å². The molecule has 0 aromatic carbocycles. The lowest BCUT2D eigenvalue weighted by Crippen LogP contribution is -2.43. The van der Waals surface area contributed by atoms with Crippen molar-refractivity contribution in [1.29, 1.82) is 0 Å². The van der Waals surface area contributed by atoms with Crippen molar-refractivity contribution in [1.82, 2.24) is 0 Å². The number of fused-ring (bicyclic) bond motifs is 3. The predicted molar refractivity (Wildman–Crippen MR) is 99.9 cm³/mol. The molecule has 0 saturated carbocycles. The lowest BCUT2D eigenvalue weighted by atomic mass is 9.83. The molecule has 0 amide bonds. The highest BCUT2D eigenvalue weighted by atomic mass is 16.7. The van der Waals surface area contributed by atoms with Gasteiger partial charge in [0.2, 0.25) is 5.79 Å². The molecular formula is C21H28O7. The average molecular weight is 392 g/mol. The van der Waals surface area contributed by atoms with Crippen molar-refractivity contribution in [3.63, 3.8) is 0 Å². The summed E-state index contributed by atoms with van der Waals surface area (Å²) < 4.78 is 29.0. The molecule has 28 heavy (non-hydrogen) atoms. The molecule has 1 fully saturated rings. The van der Waals surface area contributed by atoms with E-state index in [2.05, 4.69) is 6.58 Å². The standard InChI is InChI=1S/C21H28O7/c1-11(2)18(22)27-15-9-20(5)16(24-6)10-21(25-7,28-20)12(3)8-14-17(15)13(4)19(23)26-14/h8,10-11,14-15,17H,4,9H2,1-3,5-7H3/b12-8-/t14-,15-,17+,20-,21-/m1/s1. The van der Waals surface area contributed by atoms with Gasteiger partial charge in [0.25, 0.3) is 0 Å². The van der Waals surface area contributed by atoms with Gasteiger partial charge in [-0.05, 0) is 25.5 Å². The van der Waals surface area contributed by atoms with Crippen LogP contribution in [0, 0.1) is 11.8 Å². The minimum atomic E-state index is -1.15. The number of esters is 2. The SMILES string of the molecule is C=C1C(=O)O[C@@H]2/C=C(/C)[C@@]3(OC)C=C(OC)[C@@](C)(C[C@@H](OC(=O)C(C)C)[C@@H]12)O3. The third kappa shape index (κ3) is 3.16. The number of rotatable bonds is 4. The van der Waals surface area contributed by atoms with Crippen LogP contribution in [-0.2, 0) is 33.3 Å². The zero-order chi connectivity index (χ0) is 20.9. The summed E-state index contributed by atoms with van der Waals surface area (Å²) in [5.74, 6) is -2.27. The maximum absolute atomic E-state index is 12.4. The van der Waals surface area contributed by atoms with E-state index < -0.39 is 35.5 Å². The van der Waals surface area contributed by atoms with E-state index in [1.54, 1.807) is 33.1 Å². The number of methoxy groups -OCH3 is 2. The van der Waals surface area contributed by atoms with Crippen molar-refractivity contribution in [2.45, 2.75) is 57.7 Å². The van der Waals surface area contributed by atoms with Gasteiger partial charge in [0.05, 0.1) is 18.9 Å². The van der Waals surface area contributed by atoms with E-state index >= 15 is 0 Å². The van der Waals surface area contributed by atoms with Crippen molar-refractivity contribution < 1.29 is 33.3 Å². The van der Waals surface area contributed by atoms with Gasteiger partial charge in [0, 0.05) is 25.2 Å². The maximum atomic E-state index is 12.4. The lowest BCUT2D eigenvalue weighted by Gasteiger charge is -2.35. The molecule has 0 aromatic heterocycles. The number of ether oxygens (including phenoxy) is 5. The van der Waals surface area contributed by atoms with Crippen LogP contribution >= 0.6 is 0 Å². The normalized spacial score (nSPS) is 39.2. The molecule has 0 N–H and O–H groups in total. The molecule has 0 radical (unpaired) electrons. The van der Waals surface area contributed by atoms with Crippen molar-refractivity contribution in [3.05, 3.63) is 35.6 Å². The Hall–Kier alpha value is -2.12. The van der Waals surface area contributed by atoms with Gasteiger partial charge in [-0.15, -0.1) is 0 Å². The molecule has 3 rings (SSSR count). The summed E-state index contributed by atoms with van der Waals surface area (Å²) in [5.41, 5.74) is 0.0655. The van der Waals surface area contributed by atoms with E-state index in [4.69, 9.17) is 23.7 Å². The lowest BCUT2D eigenvalue weighted by molar-refractivity contribution is -0.210. The number of carbonyl (C=O) groups excluding carboxylic acids is 2. The highest BCUT2D eigenvalue weighted by molar-refractivity contribution is 5.91. The van der Waals surface area contributed by atoms with Gasteiger partial charge in [0.1, 0.15) is 23.6 Å². The molecular weight excluding hydrogens is 364 g/mol. The van der Waals surface area contributed by atoms with Gasteiger partial charge < -0.3 is 23.7 Å². The van der Waals surface area contributed by atoms with Crippen LogP contribution in [0.2, 0.25) is 0 Å². The first-order valence-corrected chi connectivity index (χ1v) is 9.38. The summed E-state index contributed by atoms with van der Waals surface area (Å²) in [6.07, 6.45) is 2.50. The zero-order valence-corrected chi connectivity index (χ0v) is 17.2. The second-order valence-corrected chi connectivity index (χ2v) is 8.02. The molecule has 154 valence electrons. The maximum Gasteiger partial charge on any atom is 0.334 e. The summed E-state index contributed by atoms with van der Waals surface area (Å²) in [6.45, 7) is 11.1. The van der Waals surface area contributed by atoms with Gasteiger partial charge >= 0.3 is 11.9 Å². The highest BCUT2D eigenvalue weighted by Gasteiger charge is 2.56. The largest absolute Gasteiger partial charge is 0.498 e. The number of hydrogen-bond acceptors (Lipinski definition) is 7.